The number of hydrogen-bond donors (Lipinski definition) is 2. The molecule has 13 heavy (non-hydrogen) atoms. The van der Waals surface area contributed by atoms with Gasteiger partial charge in [-0.3, -0.25) is 4.79 Å². The lowest BCUT2D eigenvalue weighted by Gasteiger charge is -2.06. The maximum atomic E-state index is 10.6. The second kappa shape index (κ2) is 5.35. The van der Waals surface area contributed by atoms with E-state index in [2.05, 4.69) is 0 Å². The maximum absolute atomic E-state index is 10.6. The van der Waals surface area contributed by atoms with Gasteiger partial charge < -0.3 is 10.2 Å². The summed E-state index contributed by atoms with van der Waals surface area (Å²) in [5.41, 5.74) is -0.0330. The van der Waals surface area contributed by atoms with Gasteiger partial charge in [-0.25, -0.2) is 4.79 Å². The highest BCUT2D eigenvalue weighted by atomic mass is 16.4. The Labute approximate surface area is 76.9 Å². The second-order valence-electron chi connectivity index (χ2n) is 2.81. The van der Waals surface area contributed by atoms with Crippen LogP contribution < -0.4 is 0 Å². The summed E-state index contributed by atoms with van der Waals surface area (Å²) in [6, 6.07) is 0. The van der Waals surface area contributed by atoms with E-state index in [9.17, 15) is 9.59 Å². The van der Waals surface area contributed by atoms with Crippen molar-refractivity contribution in [1.82, 2.24) is 0 Å². The number of carboxylic acid groups (broad SMARTS) is 2. The molecule has 0 fully saturated rings. The van der Waals surface area contributed by atoms with Gasteiger partial charge in [0.1, 0.15) is 0 Å². The smallest absolute Gasteiger partial charge is 0.332 e. The maximum Gasteiger partial charge on any atom is 0.332 e. The lowest BCUT2D eigenvalue weighted by Crippen LogP contribution is -2.18. The minimum atomic E-state index is -1.15. The number of hydrogen-bond acceptors (Lipinski definition) is 2. The van der Waals surface area contributed by atoms with Crippen LogP contribution in [0, 0.1) is 5.92 Å². The third kappa shape index (κ3) is 3.73. The molecule has 0 saturated heterocycles. The quantitative estimate of drug-likeness (QED) is 0.638. The van der Waals surface area contributed by atoms with E-state index < -0.39 is 17.9 Å². The highest BCUT2D eigenvalue weighted by Gasteiger charge is 2.21. The molecule has 4 heteroatoms. The molecule has 1 unspecified atom stereocenters. The number of carbonyl (C=O) groups is 2. The average molecular weight is 186 g/mol. The Morgan fingerprint density at radius 3 is 2.23 bits per heavy atom. The van der Waals surface area contributed by atoms with Gasteiger partial charge >= 0.3 is 11.9 Å². The minimum absolute atomic E-state index is 0.0330. The van der Waals surface area contributed by atoms with Gasteiger partial charge in [-0.2, -0.15) is 0 Å². The molecule has 4 nitrogen and oxygen atoms in total. The molecule has 74 valence electrons. The van der Waals surface area contributed by atoms with Gasteiger partial charge in [0, 0.05) is 5.57 Å². The Balaban J connectivity index is 4.60. The normalized spacial score (nSPS) is 13.8. The van der Waals surface area contributed by atoms with E-state index in [1.165, 1.54) is 13.0 Å². The minimum Gasteiger partial charge on any atom is -0.481 e. The Kier molecular flexibility index (Phi) is 4.80. The van der Waals surface area contributed by atoms with Crippen LogP contribution in [0.1, 0.15) is 26.7 Å². The van der Waals surface area contributed by atoms with Crippen LogP contribution in [-0.2, 0) is 9.59 Å². The number of aliphatic carboxylic acids is 2. The summed E-state index contributed by atoms with van der Waals surface area (Å²) in [6.07, 6.45) is 2.88. The molecular weight excluding hydrogens is 172 g/mol. The molecule has 0 amide bonds. The largest absolute Gasteiger partial charge is 0.481 e. The molecule has 0 aromatic heterocycles. The van der Waals surface area contributed by atoms with Crippen LogP contribution in [-0.4, -0.2) is 22.2 Å². The van der Waals surface area contributed by atoms with E-state index in [-0.39, 0.29) is 5.57 Å². The molecule has 0 aromatic carbocycles. The SMILES string of the molecule is CCCC=C(C(=O)O)C(C)C(=O)O. The van der Waals surface area contributed by atoms with Gasteiger partial charge in [0.25, 0.3) is 0 Å². The van der Waals surface area contributed by atoms with Crippen molar-refractivity contribution in [2.45, 2.75) is 26.7 Å². The third-order valence-electron chi connectivity index (χ3n) is 1.74. The summed E-state index contributed by atoms with van der Waals surface area (Å²) < 4.78 is 0. The molecule has 0 radical (unpaired) electrons. The summed E-state index contributed by atoms with van der Waals surface area (Å²) in [4.78, 5) is 21.1. The molecule has 2 N–H and O–H groups in total. The Morgan fingerprint density at radius 2 is 1.92 bits per heavy atom. The fourth-order valence-electron chi connectivity index (χ4n) is 0.882. The van der Waals surface area contributed by atoms with E-state index in [1.54, 1.807) is 0 Å². The van der Waals surface area contributed by atoms with Gasteiger partial charge in [0.05, 0.1) is 5.92 Å². The molecule has 1 atom stereocenters. The summed E-state index contributed by atoms with van der Waals surface area (Å²) in [6.45, 7) is 3.28. The van der Waals surface area contributed by atoms with Crippen LogP contribution in [0.4, 0.5) is 0 Å². The van der Waals surface area contributed by atoms with Gasteiger partial charge in [0.2, 0.25) is 0 Å². The highest BCUT2D eigenvalue weighted by Crippen LogP contribution is 2.12. The number of unbranched alkanes of at least 4 members (excludes halogenated alkanes) is 1. The van der Waals surface area contributed by atoms with Crippen molar-refractivity contribution >= 4 is 11.9 Å². The predicted molar refractivity (Wildman–Crippen MR) is 47.4 cm³/mol. The summed E-state index contributed by atoms with van der Waals surface area (Å²) >= 11 is 0. The average Bonchev–Trinajstić information content (AvgIpc) is 2.04. The van der Waals surface area contributed by atoms with Crippen LogP contribution in [0.15, 0.2) is 11.6 Å². The number of allylic oxidation sites excluding steroid dienone is 1. The van der Waals surface area contributed by atoms with Crippen molar-refractivity contribution < 1.29 is 19.8 Å². The molecule has 0 aliphatic carbocycles. The lowest BCUT2D eigenvalue weighted by molar-refractivity contribution is -0.143. The van der Waals surface area contributed by atoms with Crippen molar-refractivity contribution in [1.29, 1.82) is 0 Å². The first kappa shape index (κ1) is 11.7. The Bertz CT molecular complexity index is 230. The molecule has 0 bridgehead atoms. The van der Waals surface area contributed by atoms with E-state index in [0.29, 0.717) is 6.42 Å². The van der Waals surface area contributed by atoms with Crippen LogP contribution in [0.2, 0.25) is 0 Å². The van der Waals surface area contributed by atoms with Crippen molar-refractivity contribution in [3.8, 4) is 0 Å². The van der Waals surface area contributed by atoms with Crippen LogP contribution >= 0.6 is 0 Å². The molecule has 0 heterocycles. The molecule has 0 rings (SSSR count). The van der Waals surface area contributed by atoms with E-state index in [0.717, 1.165) is 6.42 Å². The Hall–Kier alpha value is -1.32. The van der Waals surface area contributed by atoms with Crippen LogP contribution in [0.25, 0.3) is 0 Å². The van der Waals surface area contributed by atoms with Crippen molar-refractivity contribution in [3.63, 3.8) is 0 Å². The van der Waals surface area contributed by atoms with Gasteiger partial charge in [-0.1, -0.05) is 19.4 Å². The van der Waals surface area contributed by atoms with Crippen LogP contribution in [0.5, 0.6) is 0 Å². The number of rotatable bonds is 5. The number of carboxylic acids is 2. The first-order valence-corrected chi connectivity index (χ1v) is 4.16. The van der Waals surface area contributed by atoms with E-state index in [4.69, 9.17) is 10.2 Å². The first-order chi connectivity index (χ1) is 6.00. The topological polar surface area (TPSA) is 74.6 Å². The Morgan fingerprint density at radius 1 is 1.38 bits per heavy atom. The van der Waals surface area contributed by atoms with Crippen molar-refractivity contribution in [3.05, 3.63) is 11.6 Å². The van der Waals surface area contributed by atoms with Gasteiger partial charge in [-0.15, -0.1) is 0 Å². The molecular formula is C9H14O4. The van der Waals surface area contributed by atoms with E-state index in [1.807, 2.05) is 6.92 Å². The molecule has 0 spiro atoms. The molecule has 0 aromatic rings. The van der Waals surface area contributed by atoms with Gasteiger partial charge in [0.15, 0.2) is 0 Å². The highest BCUT2D eigenvalue weighted by molar-refractivity contribution is 5.93. The zero-order chi connectivity index (χ0) is 10.4. The van der Waals surface area contributed by atoms with Gasteiger partial charge in [-0.05, 0) is 13.3 Å². The summed E-state index contributed by atoms with van der Waals surface area (Å²) in [5, 5.41) is 17.3. The zero-order valence-corrected chi connectivity index (χ0v) is 7.78. The molecule has 0 saturated carbocycles. The van der Waals surface area contributed by atoms with Crippen molar-refractivity contribution in [2.24, 2.45) is 5.92 Å². The summed E-state index contributed by atoms with van der Waals surface area (Å²) in [5.74, 6) is -3.20. The molecule has 0 aliphatic heterocycles. The second-order valence-corrected chi connectivity index (χ2v) is 2.81. The molecule has 0 aliphatic rings. The van der Waals surface area contributed by atoms with Crippen molar-refractivity contribution in [2.75, 3.05) is 0 Å². The van der Waals surface area contributed by atoms with Crippen LogP contribution in [0.3, 0.4) is 0 Å². The zero-order valence-electron chi connectivity index (χ0n) is 7.78. The fourth-order valence-corrected chi connectivity index (χ4v) is 0.882. The third-order valence-corrected chi connectivity index (χ3v) is 1.74. The summed E-state index contributed by atoms with van der Waals surface area (Å²) in [7, 11) is 0. The first-order valence-electron chi connectivity index (χ1n) is 4.16. The predicted octanol–water partition coefficient (Wildman–Crippen LogP) is 1.52. The van der Waals surface area contributed by atoms with E-state index >= 15 is 0 Å². The monoisotopic (exact) mass is 186 g/mol. The lowest BCUT2D eigenvalue weighted by atomic mass is 10.00. The standard InChI is InChI=1S/C9H14O4/c1-3-4-5-7(9(12)13)6(2)8(10)11/h5-6H,3-4H2,1-2H3,(H,10,11)(H,12,13). The fraction of sp³-hybridized carbons (Fsp3) is 0.556.